The molecular formula is C15H23NO3. The molecule has 19 heavy (non-hydrogen) atoms. The normalized spacial score (nSPS) is 11.4. The molecule has 0 saturated carbocycles. The molecule has 0 aliphatic carbocycles. The third-order valence-corrected chi connectivity index (χ3v) is 3.26. The molecule has 106 valence electrons. The van der Waals surface area contributed by atoms with Crippen LogP contribution in [0.3, 0.4) is 0 Å². The van der Waals surface area contributed by atoms with Crippen LogP contribution < -0.4 is 4.90 Å². The minimum absolute atomic E-state index is 0.00283. The first-order valence-electron chi connectivity index (χ1n) is 6.42. The van der Waals surface area contributed by atoms with Gasteiger partial charge in [-0.05, 0) is 39.3 Å². The quantitative estimate of drug-likeness (QED) is 0.823. The Hall–Kier alpha value is -1.55. The number of anilines is 1. The van der Waals surface area contributed by atoms with E-state index in [4.69, 9.17) is 9.84 Å². The summed E-state index contributed by atoms with van der Waals surface area (Å²) in [5.41, 5.74) is 1.85. The van der Waals surface area contributed by atoms with Crippen LogP contribution in [-0.2, 0) is 9.53 Å². The van der Waals surface area contributed by atoms with Gasteiger partial charge in [0.05, 0.1) is 5.60 Å². The van der Waals surface area contributed by atoms with Gasteiger partial charge in [-0.1, -0.05) is 17.7 Å². The van der Waals surface area contributed by atoms with Gasteiger partial charge in [0.2, 0.25) is 0 Å². The second-order valence-corrected chi connectivity index (χ2v) is 5.36. The first kappa shape index (κ1) is 15.5. The fourth-order valence-electron chi connectivity index (χ4n) is 1.72. The number of aryl methyl sites for hydroxylation is 1. The van der Waals surface area contributed by atoms with Gasteiger partial charge in [-0.25, -0.2) is 0 Å². The molecule has 0 fully saturated rings. The SMILES string of the molecule is COC(C)(C)CCN(CC(=O)O)c1ccc(C)cc1. The van der Waals surface area contributed by atoms with Gasteiger partial charge in [0.1, 0.15) is 6.54 Å². The van der Waals surface area contributed by atoms with Crippen molar-refractivity contribution in [1.82, 2.24) is 0 Å². The lowest BCUT2D eigenvalue weighted by molar-refractivity contribution is -0.135. The molecule has 1 aromatic carbocycles. The summed E-state index contributed by atoms with van der Waals surface area (Å²) in [6, 6.07) is 7.90. The summed E-state index contributed by atoms with van der Waals surface area (Å²) >= 11 is 0. The van der Waals surface area contributed by atoms with E-state index in [0.29, 0.717) is 6.54 Å². The highest BCUT2D eigenvalue weighted by Gasteiger charge is 2.19. The molecule has 0 unspecified atom stereocenters. The number of carboxylic acids is 1. The predicted octanol–water partition coefficient (Wildman–Crippen LogP) is 2.70. The molecule has 1 N–H and O–H groups in total. The standard InChI is InChI=1S/C15H23NO3/c1-12-5-7-13(8-6-12)16(11-14(17)18)10-9-15(2,3)19-4/h5-8H,9-11H2,1-4H3,(H,17,18). The molecule has 0 aromatic heterocycles. The molecule has 0 atom stereocenters. The van der Waals surface area contributed by atoms with E-state index in [1.807, 2.05) is 49.9 Å². The molecule has 4 heteroatoms. The Labute approximate surface area is 115 Å². The Morgan fingerprint density at radius 1 is 1.32 bits per heavy atom. The van der Waals surface area contributed by atoms with E-state index in [0.717, 1.165) is 17.7 Å². The second-order valence-electron chi connectivity index (χ2n) is 5.36. The molecule has 0 amide bonds. The van der Waals surface area contributed by atoms with Crippen LogP contribution in [0.1, 0.15) is 25.8 Å². The number of aliphatic carboxylic acids is 1. The van der Waals surface area contributed by atoms with E-state index in [1.165, 1.54) is 0 Å². The molecule has 0 spiro atoms. The van der Waals surface area contributed by atoms with Crippen molar-refractivity contribution in [3.05, 3.63) is 29.8 Å². The average molecular weight is 265 g/mol. The predicted molar refractivity (Wildman–Crippen MR) is 76.7 cm³/mol. The fraction of sp³-hybridized carbons (Fsp3) is 0.533. The Morgan fingerprint density at radius 2 is 1.89 bits per heavy atom. The Balaban J connectivity index is 2.77. The number of benzene rings is 1. The van der Waals surface area contributed by atoms with Crippen LogP contribution in [0.5, 0.6) is 0 Å². The van der Waals surface area contributed by atoms with E-state index >= 15 is 0 Å². The van der Waals surface area contributed by atoms with Gasteiger partial charge in [-0.2, -0.15) is 0 Å². The topological polar surface area (TPSA) is 49.8 Å². The van der Waals surface area contributed by atoms with Crippen LogP contribution in [0.2, 0.25) is 0 Å². The Bertz CT molecular complexity index is 412. The minimum atomic E-state index is -0.823. The fourth-order valence-corrected chi connectivity index (χ4v) is 1.72. The average Bonchev–Trinajstić information content (AvgIpc) is 2.35. The highest BCUT2D eigenvalue weighted by molar-refractivity contribution is 5.73. The largest absolute Gasteiger partial charge is 0.480 e. The summed E-state index contributed by atoms with van der Waals surface area (Å²) < 4.78 is 5.37. The summed E-state index contributed by atoms with van der Waals surface area (Å²) in [7, 11) is 1.67. The molecule has 1 rings (SSSR count). The molecule has 0 heterocycles. The van der Waals surface area contributed by atoms with Crippen LogP contribution in [0.15, 0.2) is 24.3 Å². The third kappa shape index (κ3) is 5.30. The smallest absolute Gasteiger partial charge is 0.323 e. The van der Waals surface area contributed by atoms with Crippen LogP contribution >= 0.6 is 0 Å². The number of carboxylic acid groups (broad SMARTS) is 1. The van der Waals surface area contributed by atoms with Gasteiger partial charge in [-0.15, -0.1) is 0 Å². The van der Waals surface area contributed by atoms with E-state index in [9.17, 15) is 4.79 Å². The molecule has 4 nitrogen and oxygen atoms in total. The number of carbonyl (C=O) groups is 1. The second kappa shape index (κ2) is 6.57. The third-order valence-electron chi connectivity index (χ3n) is 3.26. The van der Waals surface area contributed by atoms with Gasteiger partial charge < -0.3 is 14.7 Å². The number of nitrogens with zero attached hydrogens (tertiary/aromatic N) is 1. The number of hydrogen-bond acceptors (Lipinski definition) is 3. The molecule has 0 aliphatic heterocycles. The highest BCUT2D eigenvalue weighted by atomic mass is 16.5. The van der Waals surface area contributed by atoms with Crippen molar-refractivity contribution in [2.45, 2.75) is 32.8 Å². The summed E-state index contributed by atoms with van der Waals surface area (Å²) in [5, 5.41) is 9.01. The van der Waals surface area contributed by atoms with E-state index in [2.05, 4.69) is 0 Å². The van der Waals surface area contributed by atoms with E-state index in [1.54, 1.807) is 7.11 Å². The summed E-state index contributed by atoms with van der Waals surface area (Å²) in [4.78, 5) is 12.8. The highest BCUT2D eigenvalue weighted by Crippen LogP contribution is 2.19. The van der Waals surface area contributed by atoms with Crippen molar-refractivity contribution in [1.29, 1.82) is 0 Å². The Morgan fingerprint density at radius 3 is 2.37 bits per heavy atom. The first-order valence-corrected chi connectivity index (χ1v) is 6.42. The molecule has 1 aromatic rings. The zero-order valence-electron chi connectivity index (χ0n) is 12.1. The van der Waals surface area contributed by atoms with Crippen molar-refractivity contribution < 1.29 is 14.6 Å². The molecule has 0 aliphatic rings. The lowest BCUT2D eigenvalue weighted by Crippen LogP contribution is -2.35. The number of rotatable bonds is 7. The minimum Gasteiger partial charge on any atom is -0.480 e. The van der Waals surface area contributed by atoms with Crippen LogP contribution in [0.4, 0.5) is 5.69 Å². The maximum atomic E-state index is 11.0. The lowest BCUT2D eigenvalue weighted by Gasteiger charge is -2.29. The van der Waals surface area contributed by atoms with Gasteiger partial charge in [0, 0.05) is 19.3 Å². The van der Waals surface area contributed by atoms with Crippen molar-refractivity contribution in [3.8, 4) is 0 Å². The van der Waals surface area contributed by atoms with Crippen molar-refractivity contribution in [2.24, 2.45) is 0 Å². The number of ether oxygens (including phenoxy) is 1. The van der Waals surface area contributed by atoms with Crippen molar-refractivity contribution >= 4 is 11.7 Å². The summed E-state index contributed by atoms with van der Waals surface area (Å²) in [5.74, 6) is -0.823. The monoisotopic (exact) mass is 265 g/mol. The van der Waals surface area contributed by atoms with Crippen LogP contribution in [0.25, 0.3) is 0 Å². The van der Waals surface area contributed by atoms with Gasteiger partial charge in [0.25, 0.3) is 0 Å². The lowest BCUT2D eigenvalue weighted by atomic mass is 10.0. The summed E-state index contributed by atoms with van der Waals surface area (Å²) in [6.07, 6.45) is 0.769. The number of hydrogen-bond donors (Lipinski definition) is 1. The van der Waals surface area contributed by atoms with Gasteiger partial charge >= 0.3 is 5.97 Å². The number of methoxy groups -OCH3 is 1. The molecular weight excluding hydrogens is 242 g/mol. The maximum absolute atomic E-state index is 11.0. The maximum Gasteiger partial charge on any atom is 0.323 e. The molecule has 0 saturated heterocycles. The first-order chi connectivity index (χ1) is 8.84. The molecule has 0 bridgehead atoms. The molecule has 0 radical (unpaired) electrons. The summed E-state index contributed by atoms with van der Waals surface area (Å²) in [6.45, 7) is 6.67. The van der Waals surface area contributed by atoms with Crippen LogP contribution in [-0.4, -0.2) is 36.9 Å². The van der Waals surface area contributed by atoms with E-state index < -0.39 is 5.97 Å². The zero-order chi connectivity index (χ0) is 14.5. The van der Waals surface area contributed by atoms with Crippen molar-refractivity contribution in [2.75, 3.05) is 25.1 Å². The van der Waals surface area contributed by atoms with Crippen molar-refractivity contribution in [3.63, 3.8) is 0 Å². The van der Waals surface area contributed by atoms with E-state index in [-0.39, 0.29) is 12.1 Å². The Kier molecular flexibility index (Phi) is 5.36. The van der Waals surface area contributed by atoms with Crippen LogP contribution in [0, 0.1) is 6.92 Å². The van der Waals surface area contributed by atoms with Gasteiger partial charge in [0.15, 0.2) is 0 Å². The zero-order valence-corrected chi connectivity index (χ0v) is 12.1. The van der Waals surface area contributed by atoms with Gasteiger partial charge in [-0.3, -0.25) is 4.79 Å².